The molecule has 25 heavy (non-hydrogen) atoms. The van der Waals surface area contributed by atoms with Gasteiger partial charge in [-0.05, 0) is 36.8 Å². The molecule has 134 valence electrons. The normalized spacial score (nSPS) is 16.2. The Labute approximate surface area is 150 Å². The van der Waals surface area contributed by atoms with Crippen LogP contribution < -0.4 is 0 Å². The maximum Gasteiger partial charge on any atom is 0.252 e. The molecule has 1 aliphatic heterocycles. The van der Waals surface area contributed by atoms with Crippen molar-refractivity contribution < 1.29 is 17.6 Å². The number of amides is 1. The van der Waals surface area contributed by atoms with Crippen LogP contribution in [0.3, 0.4) is 0 Å². The van der Waals surface area contributed by atoms with E-state index in [0.29, 0.717) is 17.3 Å². The minimum Gasteiger partial charge on any atom is -0.340 e. The zero-order chi connectivity index (χ0) is 18.0. The molecule has 0 atom stereocenters. The van der Waals surface area contributed by atoms with E-state index in [1.54, 1.807) is 29.2 Å². The van der Waals surface area contributed by atoms with E-state index >= 15 is 0 Å². The number of hydrogen-bond acceptors (Lipinski definition) is 4. The summed E-state index contributed by atoms with van der Waals surface area (Å²) >= 11 is 1.26. The van der Waals surface area contributed by atoms with Crippen molar-refractivity contribution in [2.75, 3.05) is 26.2 Å². The number of sulfonamides is 1. The minimum atomic E-state index is -3.48. The fourth-order valence-electron chi connectivity index (χ4n) is 2.74. The smallest absolute Gasteiger partial charge is 0.252 e. The van der Waals surface area contributed by atoms with Crippen LogP contribution in [0.4, 0.5) is 4.39 Å². The molecule has 1 aromatic heterocycles. The molecule has 1 fully saturated rings. The van der Waals surface area contributed by atoms with Gasteiger partial charge in [0.05, 0.1) is 6.42 Å². The first-order chi connectivity index (χ1) is 11.9. The number of rotatable bonds is 4. The third-order valence-electron chi connectivity index (χ3n) is 4.17. The van der Waals surface area contributed by atoms with Gasteiger partial charge in [-0.25, -0.2) is 12.8 Å². The summed E-state index contributed by atoms with van der Waals surface area (Å²) in [6.07, 6.45) is 0.192. The molecule has 3 rings (SSSR count). The van der Waals surface area contributed by atoms with Crippen LogP contribution in [0.15, 0.2) is 40.6 Å². The highest BCUT2D eigenvalue weighted by molar-refractivity contribution is 7.91. The largest absolute Gasteiger partial charge is 0.340 e. The zero-order valence-electron chi connectivity index (χ0n) is 13.8. The lowest BCUT2D eigenvalue weighted by Gasteiger charge is -2.33. The molecule has 0 bridgehead atoms. The van der Waals surface area contributed by atoms with Crippen LogP contribution in [0.5, 0.6) is 0 Å². The highest BCUT2D eigenvalue weighted by Gasteiger charge is 2.30. The van der Waals surface area contributed by atoms with Gasteiger partial charge in [0.15, 0.2) is 0 Å². The second-order valence-corrected chi connectivity index (χ2v) is 9.41. The van der Waals surface area contributed by atoms with Gasteiger partial charge in [-0.15, -0.1) is 11.3 Å². The Morgan fingerprint density at radius 3 is 2.28 bits per heavy atom. The van der Waals surface area contributed by atoms with Gasteiger partial charge in [0.2, 0.25) is 5.91 Å². The standard InChI is InChI=1S/C17H19FN2O3S2/c1-13-2-7-17(24-13)25(22,23)20-10-8-19(9-11-20)16(21)12-14-3-5-15(18)6-4-14/h2-7H,8-12H2,1H3. The fourth-order valence-corrected chi connectivity index (χ4v) is 5.60. The number of aryl methyl sites for hydroxylation is 1. The number of halogens is 1. The molecule has 0 aliphatic carbocycles. The summed E-state index contributed by atoms with van der Waals surface area (Å²) in [5, 5.41) is 0. The summed E-state index contributed by atoms with van der Waals surface area (Å²) in [5.41, 5.74) is 0.746. The van der Waals surface area contributed by atoms with Gasteiger partial charge in [-0.3, -0.25) is 4.79 Å². The summed E-state index contributed by atoms with van der Waals surface area (Å²) in [6.45, 7) is 3.17. The molecular formula is C17H19FN2O3S2. The van der Waals surface area contributed by atoms with E-state index in [2.05, 4.69) is 0 Å². The quantitative estimate of drug-likeness (QED) is 0.815. The molecule has 5 nitrogen and oxygen atoms in total. The second-order valence-electron chi connectivity index (χ2n) is 5.95. The van der Waals surface area contributed by atoms with Crippen molar-refractivity contribution in [3.05, 3.63) is 52.7 Å². The predicted molar refractivity (Wildman–Crippen MR) is 94.5 cm³/mol. The molecular weight excluding hydrogens is 363 g/mol. The maximum absolute atomic E-state index is 12.9. The molecule has 0 unspecified atom stereocenters. The number of hydrogen-bond donors (Lipinski definition) is 0. The minimum absolute atomic E-state index is 0.0735. The highest BCUT2D eigenvalue weighted by Crippen LogP contribution is 2.25. The molecule has 1 aromatic carbocycles. The molecule has 1 aliphatic rings. The maximum atomic E-state index is 12.9. The van der Waals surface area contributed by atoms with E-state index < -0.39 is 10.0 Å². The van der Waals surface area contributed by atoms with E-state index in [4.69, 9.17) is 0 Å². The monoisotopic (exact) mass is 382 g/mol. The Bertz CT molecular complexity index is 854. The molecule has 1 amide bonds. The topological polar surface area (TPSA) is 57.7 Å². The molecule has 8 heteroatoms. The number of thiophene rings is 1. The first kappa shape index (κ1) is 18.0. The van der Waals surface area contributed by atoms with Crippen LogP contribution in [-0.2, 0) is 21.2 Å². The Balaban J connectivity index is 1.59. The summed E-state index contributed by atoms with van der Waals surface area (Å²) in [5.74, 6) is -0.408. The number of benzene rings is 1. The Kier molecular flexibility index (Phi) is 5.21. The van der Waals surface area contributed by atoms with Crippen LogP contribution >= 0.6 is 11.3 Å². The van der Waals surface area contributed by atoms with Gasteiger partial charge in [0, 0.05) is 31.1 Å². The molecule has 0 N–H and O–H groups in total. The fraction of sp³-hybridized carbons (Fsp3) is 0.353. The molecule has 2 heterocycles. The molecule has 0 radical (unpaired) electrons. The lowest BCUT2D eigenvalue weighted by Crippen LogP contribution is -2.50. The summed E-state index contributed by atoms with van der Waals surface area (Å²) in [4.78, 5) is 15.0. The van der Waals surface area contributed by atoms with Crippen molar-refractivity contribution in [3.63, 3.8) is 0 Å². The van der Waals surface area contributed by atoms with Crippen molar-refractivity contribution in [2.24, 2.45) is 0 Å². The number of carbonyl (C=O) groups is 1. The van der Waals surface area contributed by atoms with Crippen molar-refractivity contribution in [1.82, 2.24) is 9.21 Å². The van der Waals surface area contributed by atoms with E-state index in [1.807, 2.05) is 6.92 Å². The average molecular weight is 382 g/mol. The van der Waals surface area contributed by atoms with E-state index in [0.717, 1.165) is 10.4 Å². The summed E-state index contributed by atoms with van der Waals surface area (Å²) in [7, 11) is -3.48. The van der Waals surface area contributed by atoms with Crippen molar-refractivity contribution in [2.45, 2.75) is 17.6 Å². The molecule has 0 saturated carbocycles. The van der Waals surface area contributed by atoms with Gasteiger partial charge in [0.1, 0.15) is 10.0 Å². The number of piperazine rings is 1. The first-order valence-corrected chi connectivity index (χ1v) is 10.2. The van der Waals surface area contributed by atoms with E-state index in [-0.39, 0.29) is 31.2 Å². The molecule has 1 saturated heterocycles. The van der Waals surface area contributed by atoms with Crippen LogP contribution in [0.1, 0.15) is 10.4 Å². The van der Waals surface area contributed by atoms with E-state index in [1.165, 1.54) is 27.8 Å². The Morgan fingerprint density at radius 1 is 1.08 bits per heavy atom. The number of carbonyl (C=O) groups excluding carboxylic acids is 1. The predicted octanol–water partition coefficient (Wildman–Crippen LogP) is 2.27. The summed E-state index contributed by atoms with van der Waals surface area (Å²) < 4.78 is 39.9. The lowest BCUT2D eigenvalue weighted by atomic mass is 10.1. The van der Waals surface area contributed by atoms with E-state index in [9.17, 15) is 17.6 Å². The average Bonchev–Trinajstić information content (AvgIpc) is 3.04. The van der Waals surface area contributed by atoms with Crippen LogP contribution in [0.2, 0.25) is 0 Å². The van der Waals surface area contributed by atoms with Crippen LogP contribution in [0.25, 0.3) is 0 Å². The van der Waals surface area contributed by atoms with Gasteiger partial charge >= 0.3 is 0 Å². The van der Waals surface area contributed by atoms with Crippen LogP contribution in [0, 0.1) is 12.7 Å². The van der Waals surface area contributed by atoms with Gasteiger partial charge in [0.25, 0.3) is 10.0 Å². The van der Waals surface area contributed by atoms with Crippen LogP contribution in [-0.4, -0.2) is 49.7 Å². The van der Waals surface area contributed by atoms with Gasteiger partial charge in [-0.2, -0.15) is 4.31 Å². The van der Waals surface area contributed by atoms with Crippen molar-refractivity contribution >= 4 is 27.3 Å². The number of nitrogens with zero attached hydrogens (tertiary/aromatic N) is 2. The zero-order valence-corrected chi connectivity index (χ0v) is 15.4. The highest BCUT2D eigenvalue weighted by atomic mass is 32.2. The van der Waals surface area contributed by atoms with Gasteiger partial charge < -0.3 is 4.90 Å². The molecule has 2 aromatic rings. The van der Waals surface area contributed by atoms with Crippen molar-refractivity contribution in [1.29, 1.82) is 0 Å². The second kappa shape index (κ2) is 7.23. The first-order valence-electron chi connectivity index (χ1n) is 7.95. The SMILES string of the molecule is Cc1ccc(S(=O)(=O)N2CCN(C(=O)Cc3ccc(F)cc3)CC2)s1. The summed E-state index contributed by atoms with van der Waals surface area (Å²) in [6, 6.07) is 9.26. The van der Waals surface area contributed by atoms with Gasteiger partial charge in [-0.1, -0.05) is 12.1 Å². The third-order valence-corrected chi connectivity index (χ3v) is 7.54. The van der Waals surface area contributed by atoms with Crippen molar-refractivity contribution in [3.8, 4) is 0 Å². The molecule has 0 spiro atoms. The Hall–Kier alpha value is -1.77. The lowest BCUT2D eigenvalue weighted by molar-refractivity contribution is -0.131. The Morgan fingerprint density at radius 2 is 1.72 bits per heavy atom. The third kappa shape index (κ3) is 4.08.